The molecule has 1 fully saturated rings. The van der Waals surface area contributed by atoms with Crippen LogP contribution in [0.25, 0.3) is 11.3 Å². The molecule has 0 amide bonds. The van der Waals surface area contributed by atoms with Crippen LogP contribution in [-0.4, -0.2) is 55.5 Å². The van der Waals surface area contributed by atoms with Gasteiger partial charge in [-0.05, 0) is 44.2 Å². The molecule has 1 saturated heterocycles. The van der Waals surface area contributed by atoms with Crippen LogP contribution in [0.3, 0.4) is 0 Å². The Balaban J connectivity index is 1.43. The molecule has 1 aromatic heterocycles. The summed E-state index contributed by atoms with van der Waals surface area (Å²) in [5, 5.41) is 2.92. The van der Waals surface area contributed by atoms with Gasteiger partial charge in [0.25, 0.3) is 0 Å². The lowest BCUT2D eigenvalue weighted by molar-refractivity contribution is 0.122. The summed E-state index contributed by atoms with van der Waals surface area (Å²) in [7, 11) is 0. The second kappa shape index (κ2) is 9.61. The molecule has 3 heterocycles. The number of hydrogen-bond acceptors (Lipinski definition) is 7. The molecule has 1 N–H and O–H groups in total. The maximum atomic E-state index is 14.9. The molecule has 10 heteroatoms. The molecule has 0 bridgehead atoms. The highest BCUT2D eigenvalue weighted by Gasteiger charge is 2.26. The number of anilines is 4. The minimum Gasteiger partial charge on any atom is -0.486 e. The van der Waals surface area contributed by atoms with Crippen LogP contribution < -0.4 is 19.9 Å². The van der Waals surface area contributed by atoms with E-state index in [1.54, 1.807) is 18.2 Å². The Hall–Kier alpha value is -3.53. The highest BCUT2D eigenvalue weighted by molar-refractivity contribution is 5.73. The highest BCUT2D eigenvalue weighted by Crippen LogP contribution is 2.39. The van der Waals surface area contributed by atoms with E-state index in [0.29, 0.717) is 56.5 Å². The monoisotopic (exact) mass is 485 g/mol. The van der Waals surface area contributed by atoms with Gasteiger partial charge in [0.2, 0.25) is 5.95 Å². The van der Waals surface area contributed by atoms with E-state index in [4.69, 9.17) is 9.47 Å². The normalized spacial score (nSPS) is 15.7. The van der Waals surface area contributed by atoms with Gasteiger partial charge in [0.05, 0.1) is 37.3 Å². The zero-order chi connectivity index (χ0) is 24.5. The minimum atomic E-state index is -0.698. The number of aromatic nitrogens is 2. The molecular formula is C25H26F3N5O2. The third-order valence-electron chi connectivity index (χ3n) is 6.11. The smallest absolute Gasteiger partial charge is 0.227 e. The standard InChI is InChI=1S/C25H26F3N5O2/c1-15(2)33-7-10-35-24-19(27)11-16(12-22(24)33)23-20(28)14-29-25(31-23)30-17-3-4-21(18(26)13-17)32-5-8-34-9-6-32/h3-4,11-15H,5-10H2,1-2H3,(H,29,30,31). The third kappa shape index (κ3) is 4.70. The van der Waals surface area contributed by atoms with Crippen LogP contribution in [-0.2, 0) is 4.74 Å². The first-order chi connectivity index (χ1) is 16.9. The number of halogens is 3. The maximum absolute atomic E-state index is 14.9. The highest BCUT2D eigenvalue weighted by atomic mass is 19.1. The molecule has 7 nitrogen and oxygen atoms in total. The molecule has 184 valence electrons. The summed E-state index contributed by atoms with van der Waals surface area (Å²) >= 11 is 0. The Morgan fingerprint density at radius 2 is 1.71 bits per heavy atom. The second-order valence-corrected chi connectivity index (χ2v) is 8.72. The van der Waals surface area contributed by atoms with Crippen molar-refractivity contribution in [3.63, 3.8) is 0 Å². The Morgan fingerprint density at radius 3 is 2.46 bits per heavy atom. The van der Waals surface area contributed by atoms with E-state index in [1.807, 2.05) is 23.6 Å². The molecule has 0 aliphatic carbocycles. The van der Waals surface area contributed by atoms with Crippen LogP contribution in [0.1, 0.15) is 13.8 Å². The zero-order valence-electron chi connectivity index (χ0n) is 19.5. The van der Waals surface area contributed by atoms with Crippen LogP contribution in [0.2, 0.25) is 0 Å². The quantitative estimate of drug-likeness (QED) is 0.560. The van der Waals surface area contributed by atoms with Crippen molar-refractivity contribution in [3.8, 4) is 17.0 Å². The summed E-state index contributed by atoms with van der Waals surface area (Å²) in [5.74, 6) is -1.47. The van der Waals surface area contributed by atoms with Crippen LogP contribution in [0.15, 0.2) is 36.5 Å². The first kappa shape index (κ1) is 23.2. The van der Waals surface area contributed by atoms with E-state index in [1.165, 1.54) is 12.1 Å². The summed E-state index contributed by atoms with van der Waals surface area (Å²) in [4.78, 5) is 12.2. The zero-order valence-corrected chi connectivity index (χ0v) is 19.5. The van der Waals surface area contributed by atoms with Crippen LogP contribution in [0.4, 0.5) is 36.2 Å². The van der Waals surface area contributed by atoms with Crippen LogP contribution in [0, 0.1) is 17.5 Å². The average Bonchev–Trinajstić information content (AvgIpc) is 2.85. The molecular weight excluding hydrogens is 459 g/mol. The molecule has 2 aliphatic rings. The number of ether oxygens (including phenoxy) is 2. The molecule has 35 heavy (non-hydrogen) atoms. The van der Waals surface area contributed by atoms with Gasteiger partial charge in [0.1, 0.15) is 18.1 Å². The van der Waals surface area contributed by atoms with Crippen molar-refractivity contribution in [2.75, 3.05) is 54.6 Å². The largest absolute Gasteiger partial charge is 0.486 e. The summed E-state index contributed by atoms with van der Waals surface area (Å²) < 4.78 is 55.2. The molecule has 2 aromatic carbocycles. The number of nitrogens with zero attached hydrogens (tertiary/aromatic N) is 4. The van der Waals surface area contributed by atoms with Gasteiger partial charge < -0.3 is 24.6 Å². The number of morpholine rings is 1. The van der Waals surface area contributed by atoms with E-state index >= 15 is 0 Å². The lowest BCUT2D eigenvalue weighted by atomic mass is 10.1. The van der Waals surface area contributed by atoms with Crippen molar-refractivity contribution in [3.05, 3.63) is 54.0 Å². The fourth-order valence-corrected chi connectivity index (χ4v) is 4.38. The van der Waals surface area contributed by atoms with Gasteiger partial charge in [-0.25, -0.2) is 23.1 Å². The van der Waals surface area contributed by atoms with Crippen LogP contribution in [0.5, 0.6) is 5.75 Å². The molecule has 5 rings (SSSR count). The topological polar surface area (TPSA) is 62.8 Å². The Morgan fingerprint density at radius 1 is 0.914 bits per heavy atom. The first-order valence-electron chi connectivity index (χ1n) is 11.6. The Labute approximate surface area is 201 Å². The van der Waals surface area contributed by atoms with Gasteiger partial charge in [0.15, 0.2) is 17.4 Å². The first-order valence-corrected chi connectivity index (χ1v) is 11.6. The van der Waals surface area contributed by atoms with Gasteiger partial charge in [-0.3, -0.25) is 0 Å². The molecule has 3 aromatic rings. The van der Waals surface area contributed by atoms with Gasteiger partial charge in [-0.2, -0.15) is 0 Å². The van der Waals surface area contributed by atoms with Crippen molar-refractivity contribution in [1.82, 2.24) is 9.97 Å². The predicted molar refractivity (Wildman–Crippen MR) is 128 cm³/mol. The van der Waals surface area contributed by atoms with Crippen molar-refractivity contribution in [2.24, 2.45) is 0 Å². The van der Waals surface area contributed by atoms with Gasteiger partial charge in [-0.1, -0.05) is 0 Å². The minimum absolute atomic E-state index is 0.0648. The number of nitrogens with one attached hydrogen (secondary N) is 1. The average molecular weight is 486 g/mol. The van der Waals surface area contributed by atoms with E-state index in [2.05, 4.69) is 15.3 Å². The third-order valence-corrected chi connectivity index (χ3v) is 6.11. The maximum Gasteiger partial charge on any atom is 0.227 e. The molecule has 0 saturated carbocycles. The lowest BCUT2D eigenvalue weighted by Crippen LogP contribution is -2.38. The van der Waals surface area contributed by atoms with Crippen molar-refractivity contribution in [2.45, 2.75) is 19.9 Å². The summed E-state index contributed by atoms with van der Waals surface area (Å²) in [6.45, 7) is 7.30. The van der Waals surface area contributed by atoms with E-state index in [0.717, 1.165) is 6.20 Å². The van der Waals surface area contributed by atoms with E-state index in [9.17, 15) is 13.2 Å². The fraction of sp³-hybridized carbons (Fsp3) is 0.360. The summed E-state index contributed by atoms with van der Waals surface area (Å²) in [5.41, 5.74) is 1.64. The number of benzene rings is 2. The molecule has 0 radical (unpaired) electrons. The fourth-order valence-electron chi connectivity index (χ4n) is 4.38. The van der Waals surface area contributed by atoms with E-state index < -0.39 is 17.5 Å². The Kier molecular flexibility index (Phi) is 6.38. The summed E-state index contributed by atoms with van der Waals surface area (Å²) in [6.07, 6.45) is 1.01. The van der Waals surface area contributed by atoms with Crippen molar-refractivity contribution >= 4 is 23.0 Å². The van der Waals surface area contributed by atoms with Crippen LogP contribution >= 0.6 is 0 Å². The lowest BCUT2D eigenvalue weighted by Gasteiger charge is -2.34. The van der Waals surface area contributed by atoms with Gasteiger partial charge >= 0.3 is 0 Å². The van der Waals surface area contributed by atoms with Gasteiger partial charge in [-0.15, -0.1) is 0 Å². The second-order valence-electron chi connectivity index (χ2n) is 8.72. The molecule has 2 aliphatic heterocycles. The number of rotatable bonds is 5. The molecule has 0 atom stereocenters. The summed E-state index contributed by atoms with van der Waals surface area (Å²) in [6, 6.07) is 7.70. The SMILES string of the molecule is CC(C)N1CCOc2c(F)cc(-c3nc(Nc4ccc(N5CCOCC5)c(F)c4)ncc3F)cc21. The number of hydrogen-bond donors (Lipinski definition) is 1. The number of fused-ring (bicyclic) bond motifs is 1. The van der Waals surface area contributed by atoms with Crippen molar-refractivity contribution in [1.29, 1.82) is 0 Å². The van der Waals surface area contributed by atoms with Crippen molar-refractivity contribution < 1.29 is 22.6 Å². The van der Waals surface area contributed by atoms with E-state index in [-0.39, 0.29) is 29.0 Å². The van der Waals surface area contributed by atoms with Gasteiger partial charge in [0, 0.05) is 30.4 Å². The Bertz CT molecular complexity index is 1230. The molecule has 0 unspecified atom stereocenters. The molecule has 0 spiro atoms. The predicted octanol–water partition coefficient (Wildman–Crippen LogP) is 4.75.